The van der Waals surface area contributed by atoms with Gasteiger partial charge in [0.1, 0.15) is 0 Å². The number of ketones is 1. The van der Waals surface area contributed by atoms with E-state index in [-0.39, 0.29) is 5.78 Å². The number of hydrogen-bond acceptors (Lipinski definition) is 2. The minimum absolute atomic E-state index is 0.279. The fourth-order valence-corrected chi connectivity index (χ4v) is 3.28. The Morgan fingerprint density at radius 2 is 1.81 bits per heavy atom. The second kappa shape index (κ2) is 6.31. The lowest BCUT2D eigenvalue weighted by Gasteiger charge is -2.27. The minimum atomic E-state index is 0.279. The highest BCUT2D eigenvalue weighted by Crippen LogP contribution is 2.33. The van der Waals surface area contributed by atoms with Gasteiger partial charge in [0.25, 0.3) is 0 Å². The molecule has 1 aromatic rings. The second-order valence-corrected chi connectivity index (χ2v) is 7.70. The molecule has 0 amide bonds. The lowest BCUT2D eigenvalue weighted by molar-refractivity contribution is 0.0966. The van der Waals surface area contributed by atoms with Crippen LogP contribution in [0.3, 0.4) is 0 Å². The van der Waals surface area contributed by atoms with Gasteiger partial charge in [0, 0.05) is 25.1 Å². The van der Waals surface area contributed by atoms with E-state index >= 15 is 0 Å². The molecule has 116 valence electrons. The first-order valence-electron chi connectivity index (χ1n) is 8.09. The highest BCUT2D eigenvalue weighted by molar-refractivity contribution is 5.96. The van der Waals surface area contributed by atoms with Crippen molar-refractivity contribution in [2.24, 2.45) is 11.3 Å². The Bertz CT molecular complexity index is 493. The van der Waals surface area contributed by atoms with Crippen molar-refractivity contribution in [2.75, 3.05) is 19.6 Å². The lowest BCUT2D eigenvalue weighted by atomic mass is 9.80. The number of carbonyl (C=O) groups excluding carboxylic acids is 1. The molecule has 1 fully saturated rings. The number of carbonyl (C=O) groups is 1. The quantitative estimate of drug-likeness (QED) is 0.772. The van der Waals surface area contributed by atoms with E-state index in [1.807, 2.05) is 12.1 Å². The molecule has 2 nitrogen and oxygen atoms in total. The molecule has 0 bridgehead atoms. The van der Waals surface area contributed by atoms with Crippen molar-refractivity contribution < 1.29 is 4.79 Å². The van der Waals surface area contributed by atoms with Crippen molar-refractivity contribution in [3.8, 4) is 0 Å². The molecule has 2 rings (SSSR count). The molecular formula is C19H29NO. The van der Waals surface area contributed by atoms with Crippen LogP contribution in [-0.2, 0) is 0 Å². The summed E-state index contributed by atoms with van der Waals surface area (Å²) in [5.74, 6) is 1.04. The number of likely N-dealkylation sites (tertiary alicyclic amines) is 1. The van der Waals surface area contributed by atoms with Crippen molar-refractivity contribution in [3.63, 3.8) is 0 Å². The maximum absolute atomic E-state index is 12.4. The Morgan fingerprint density at radius 3 is 2.33 bits per heavy atom. The van der Waals surface area contributed by atoms with Gasteiger partial charge in [-0.25, -0.2) is 0 Å². The van der Waals surface area contributed by atoms with Gasteiger partial charge in [0.2, 0.25) is 0 Å². The number of rotatable bonds is 4. The standard InChI is InChI=1S/C19H29NO/c1-14-10-15(2)12-16(11-14)18(21)7-9-20-8-6-17(13-20)19(3,4)5/h10-12,17H,6-9,13H2,1-5H3. The van der Waals surface area contributed by atoms with Crippen LogP contribution in [0.2, 0.25) is 0 Å². The van der Waals surface area contributed by atoms with Gasteiger partial charge in [0.05, 0.1) is 0 Å². The molecular weight excluding hydrogens is 258 g/mol. The molecule has 1 aliphatic rings. The average molecular weight is 287 g/mol. The maximum atomic E-state index is 12.4. The fraction of sp³-hybridized carbons (Fsp3) is 0.632. The molecule has 1 unspecified atom stereocenters. The van der Waals surface area contributed by atoms with Gasteiger partial charge in [-0.15, -0.1) is 0 Å². The van der Waals surface area contributed by atoms with Gasteiger partial charge in [-0.05, 0) is 50.3 Å². The van der Waals surface area contributed by atoms with E-state index in [0.29, 0.717) is 11.8 Å². The van der Waals surface area contributed by atoms with Gasteiger partial charge in [-0.3, -0.25) is 4.79 Å². The van der Waals surface area contributed by atoms with E-state index in [2.05, 4.69) is 45.6 Å². The van der Waals surface area contributed by atoms with Crippen LogP contribution in [0.15, 0.2) is 18.2 Å². The van der Waals surface area contributed by atoms with Crippen LogP contribution in [0.25, 0.3) is 0 Å². The van der Waals surface area contributed by atoms with E-state index in [0.717, 1.165) is 31.1 Å². The van der Waals surface area contributed by atoms with Crippen LogP contribution in [0, 0.1) is 25.2 Å². The summed E-state index contributed by atoms with van der Waals surface area (Å²) in [6.45, 7) is 14.3. The number of benzene rings is 1. The summed E-state index contributed by atoms with van der Waals surface area (Å²) in [5, 5.41) is 0. The number of Topliss-reactive ketones (excluding diaryl/α,β-unsaturated/α-hetero) is 1. The number of nitrogens with zero attached hydrogens (tertiary/aromatic N) is 1. The van der Waals surface area contributed by atoms with Gasteiger partial charge in [-0.1, -0.05) is 38.0 Å². The van der Waals surface area contributed by atoms with Crippen LogP contribution in [-0.4, -0.2) is 30.3 Å². The summed E-state index contributed by atoms with van der Waals surface area (Å²) in [6, 6.07) is 6.14. The van der Waals surface area contributed by atoms with E-state index in [1.165, 1.54) is 17.5 Å². The fourth-order valence-electron chi connectivity index (χ4n) is 3.28. The summed E-state index contributed by atoms with van der Waals surface area (Å²) in [4.78, 5) is 14.8. The zero-order valence-corrected chi connectivity index (χ0v) is 14.2. The third-order valence-corrected chi connectivity index (χ3v) is 4.70. The highest BCUT2D eigenvalue weighted by Gasteiger charge is 2.31. The summed E-state index contributed by atoms with van der Waals surface area (Å²) >= 11 is 0. The van der Waals surface area contributed by atoms with Crippen LogP contribution < -0.4 is 0 Å². The Kier molecular flexibility index (Phi) is 4.88. The van der Waals surface area contributed by atoms with Crippen molar-refractivity contribution in [1.82, 2.24) is 4.90 Å². The molecule has 1 aliphatic heterocycles. The smallest absolute Gasteiger partial charge is 0.164 e. The highest BCUT2D eigenvalue weighted by atomic mass is 16.1. The zero-order valence-electron chi connectivity index (χ0n) is 14.2. The SMILES string of the molecule is Cc1cc(C)cc(C(=O)CCN2CCC(C(C)(C)C)C2)c1. The summed E-state index contributed by atoms with van der Waals surface area (Å²) in [6.07, 6.45) is 1.90. The van der Waals surface area contributed by atoms with E-state index < -0.39 is 0 Å². The first kappa shape index (κ1) is 16.2. The minimum Gasteiger partial charge on any atom is -0.303 e. The van der Waals surface area contributed by atoms with Gasteiger partial charge >= 0.3 is 0 Å². The molecule has 1 saturated heterocycles. The predicted molar refractivity (Wildman–Crippen MR) is 88.9 cm³/mol. The van der Waals surface area contributed by atoms with Crippen molar-refractivity contribution in [1.29, 1.82) is 0 Å². The first-order valence-corrected chi connectivity index (χ1v) is 8.09. The number of aryl methyl sites for hydroxylation is 2. The monoisotopic (exact) mass is 287 g/mol. The van der Waals surface area contributed by atoms with Crippen LogP contribution in [0.4, 0.5) is 0 Å². The Hall–Kier alpha value is -1.15. The molecule has 2 heteroatoms. The van der Waals surface area contributed by atoms with E-state index in [1.54, 1.807) is 0 Å². The Labute approximate surface area is 129 Å². The largest absolute Gasteiger partial charge is 0.303 e. The molecule has 0 aromatic heterocycles. The molecule has 1 aromatic carbocycles. The van der Waals surface area contributed by atoms with Crippen molar-refractivity contribution in [2.45, 2.75) is 47.5 Å². The molecule has 0 radical (unpaired) electrons. The molecule has 0 aliphatic carbocycles. The third kappa shape index (κ3) is 4.41. The molecule has 21 heavy (non-hydrogen) atoms. The lowest BCUT2D eigenvalue weighted by Crippen LogP contribution is -2.27. The van der Waals surface area contributed by atoms with Crippen LogP contribution in [0.1, 0.15) is 55.1 Å². The Morgan fingerprint density at radius 1 is 1.19 bits per heavy atom. The van der Waals surface area contributed by atoms with Gasteiger partial charge in [-0.2, -0.15) is 0 Å². The van der Waals surface area contributed by atoms with Crippen LogP contribution in [0.5, 0.6) is 0 Å². The molecule has 0 saturated carbocycles. The number of hydrogen-bond donors (Lipinski definition) is 0. The average Bonchev–Trinajstić information content (AvgIpc) is 2.83. The first-order chi connectivity index (χ1) is 9.75. The zero-order chi connectivity index (χ0) is 15.6. The van der Waals surface area contributed by atoms with E-state index in [4.69, 9.17) is 0 Å². The molecule has 1 heterocycles. The maximum Gasteiger partial charge on any atom is 0.164 e. The normalized spacial score (nSPS) is 20.0. The van der Waals surface area contributed by atoms with Gasteiger partial charge in [0.15, 0.2) is 5.78 Å². The van der Waals surface area contributed by atoms with Gasteiger partial charge < -0.3 is 4.90 Å². The predicted octanol–water partition coefficient (Wildman–Crippen LogP) is 4.24. The Balaban J connectivity index is 1.88. The van der Waals surface area contributed by atoms with E-state index in [9.17, 15) is 4.79 Å². The molecule has 0 N–H and O–H groups in total. The molecule has 0 spiro atoms. The summed E-state index contributed by atoms with van der Waals surface area (Å²) < 4.78 is 0. The topological polar surface area (TPSA) is 20.3 Å². The third-order valence-electron chi connectivity index (χ3n) is 4.70. The molecule has 1 atom stereocenters. The summed E-state index contributed by atoms with van der Waals surface area (Å²) in [5.41, 5.74) is 3.60. The second-order valence-electron chi connectivity index (χ2n) is 7.70. The summed E-state index contributed by atoms with van der Waals surface area (Å²) in [7, 11) is 0. The van der Waals surface area contributed by atoms with Crippen molar-refractivity contribution in [3.05, 3.63) is 34.9 Å². The van der Waals surface area contributed by atoms with Crippen LogP contribution >= 0.6 is 0 Å². The van der Waals surface area contributed by atoms with Crippen molar-refractivity contribution >= 4 is 5.78 Å².